The van der Waals surface area contributed by atoms with Crippen molar-refractivity contribution in [2.24, 2.45) is 10.9 Å². The summed E-state index contributed by atoms with van der Waals surface area (Å²) in [6.07, 6.45) is 0. The number of amides is 1. The molecule has 0 radical (unpaired) electrons. The van der Waals surface area contributed by atoms with Crippen LogP contribution in [0.1, 0.15) is 6.92 Å². The molecule has 0 aromatic rings. The maximum atomic E-state index is 9.86. The molecule has 0 bridgehead atoms. The van der Waals surface area contributed by atoms with E-state index >= 15 is 0 Å². The third-order valence-electron chi connectivity index (χ3n) is 0.570. The first-order chi connectivity index (χ1) is 3.18. The van der Waals surface area contributed by atoms with Gasteiger partial charge in [0.25, 0.3) is 0 Å². The van der Waals surface area contributed by atoms with Gasteiger partial charge < -0.3 is 5.73 Å². The van der Waals surface area contributed by atoms with Crippen LogP contribution in [0.25, 0.3) is 0 Å². The molecule has 1 amide bonds. The number of rotatable bonds is 2. The van der Waals surface area contributed by atoms with Crippen molar-refractivity contribution in [1.82, 2.24) is 0 Å². The number of carbonyl (C=O) groups is 1. The smallest absolute Gasteiger partial charge is 0.245 e. The van der Waals surface area contributed by atoms with E-state index in [2.05, 4.69) is 10.9 Å². The third-order valence-corrected chi connectivity index (χ3v) is 0.570. The van der Waals surface area contributed by atoms with Gasteiger partial charge in [-0.05, 0) is 6.92 Å². The normalized spacial score (nSPS) is 12.7. The van der Waals surface area contributed by atoms with Crippen molar-refractivity contribution < 1.29 is 4.79 Å². The first kappa shape index (κ1) is 6.07. The predicted octanol–water partition coefficient (Wildman–Crippen LogP) is -0.373. The average Bonchev–Trinajstić information content (AvgIpc) is 1.65. The molecule has 0 fully saturated rings. The van der Waals surface area contributed by atoms with Crippen LogP contribution in [0.4, 0.5) is 0 Å². The van der Waals surface area contributed by atoms with E-state index in [1.165, 1.54) is 6.92 Å². The number of primary amides is 1. The van der Waals surface area contributed by atoms with Crippen LogP contribution in [0.15, 0.2) is 5.18 Å². The Morgan fingerprint density at radius 2 is 2.29 bits per heavy atom. The molecule has 0 aliphatic rings. The SMILES string of the molecule is CC(N=O)C(N)=O. The molecule has 4 nitrogen and oxygen atoms in total. The van der Waals surface area contributed by atoms with Gasteiger partial charge >= 0.3 is 0 Å². The summed E-state index contributed by atoms with van der Waals surface area (Å²) in [6.45, 7) is 1.34. The number of nitroso groups, excluding NO2 is 1. The topological polar surface area (TPSA) is 72.5 Å². The lowest BCUT2D eigenvalue weighted by Crippen LogP contribution is -2.22. The first-order valence-corrected chi connectivity index (χ1v) is 1.80. The molecular formula is C3H6N2O2. The minimum Gasteiger partial charge on any atom is -0.368 e. The maximum Gasteiger partial charge on any atom is 0.245 e. The summed E-state index contributed by atoms with van der Waals surface area (Å²) in [5, 5.41) is 2.36. The summed E-state index contributed by atoms with van der Waals surface area (Å²) in [5.41, 5.74) is 4.61. The Hall–Kier alpha value is -0.930. The average molecular weight is 102 g/mol. The second kappa shape index (κ2) is 2.28. The quantitative estimate of drug-likeness (QED) is 0.483. The van der Waals surface area contributed by atoms with Gasteiger partial charge in [0.2, 0.25) is 5.91 Å². The summed E-state index contributed by atoms with van der Waals surface area (Å²) in [7, 11) is 0. The van der Waals surface area contributed by atoms with Crippen LogP contribution in [0.5, 0.6) is 0 Å². The summed E-state index contributed by atoms with van der Waals surface area (Å²) < 4.78 is 0. The van der Waals surface area contributed by atoms with Crippen LogP contribution in [0.2, 0.25) is 0 Å². The highest BCUT2D eigenvalue weighted by molar-refractivity contribution is 5.79. The highest BCUT2D eigenvalue weighted by Gasteiger charge is 2.04. The number of nitrogens with two attached hydrogens (primary N) is 1. The predicted molar refractivity (Wildman–Crippen MR) is 24.5 cm³/mol. The van der Waals surface area contributed by atoms with Crippen molar-refractivity contribution >= 4 is 5.91 Å². The molecule has 2 N–H and O–H groups in total. The van der Waals surface area contributed by atoms with E-state index in [0.29, 0.717) is 0 Å². The van der Waals surface area contributed by atoms with Gasteiger partial charge in [-0.1, -0.05) is 5.18 Å². The number of hydrogen-bond donors (Lipinski definition) is 1. The molecule has 1 atom stereocenters. The largest absolute Gasteiger partial charge is 0.368 e. The van der Waals surface area contributed by atoms with Crippen molar-refractivity contribution in [3.05, 3.63) is 4.91 Å². The number of carbonyl (C=O) groups excluding carboxylic acids is 1. The second-order valence-corrected chi connectivity index (χ2v) is 1.18. The molecule has 0 aromatic heterocycles. The zero-order chi connectivity index (χ0) is 5.86. The van der Waals surface area contributed by atoms with E-state index in [1.807, 2.05) is 0 Å². The van der Waals surface area contributed by atoms with Crippen LogP contribution in [0, 0.1) is 4.91 Å². The van der Waals surface area contributed by atoms with Gasteiger partial charge in [-0.2, -0.15) is 0 Å². The molecule has 0 aliphatic carbocycles. The minimum atomic E-state index is -0.889. The van der Waals surface area contributed by atoms with Crippen LogP contribution in [0.3, 0.4) is 0 Å². The van der Waals surface area contributed by atoms with E-state index < -0.39 is 11.9 Å². The van der Waals surface area contributed by atoms with Gasteiger partial charge in [-0.15, -0.1) is 4.91 Å². The first-order valence-electron chi connectivity index (χ1n) is 1.80. The highest BCUT2D eigenvalue weighted by Crippen LogP contribution is 1.81. The number of nitrogens with zero attached hydrogens (tertiary/aromatic N) is 1. The monoisotopic (exact) mass is 102 g/mol. The lowest BCUT2D eigenvalue weighted by atomic mass is 10.4. The molecule has 0 heterocycles. The van der Waals surface area contributed by atoms with Crippen LogP contribution >= 0.6 is 0 Å². The third kappa shape index (κ3) is 1.86. The molecule has 0 aliphatic heterocycles. The van der Waals surface area contributed by atoms with Gasteiger partial charge in [-0.25, -0.2) is 0 Å². The van der Waals surface area contributed by atoms with Gasteiger partial charge in [0.05, 0.1) is 0 Å². The Morgan fingerprint density at radius 3 is 2.29 bits per heavy atom. The molecule has 7 heavy (non-hydrogen) atoms. The standard InChI is InChI=1S/C3H6N2O2/c1-2(5-7)3(4)6/h2H,1H3,(H2,4,6). The highest BCUT2D eigenvalue weighted by atomic mass is 16.3. The fourth-order valence-corrected chi connectivity index (χ4v) is 0.0519. The minimum absolute atomic E-state index is 0.685. The van der Waals surface area contributed by atoms with Gasteiger partial charge in [-0.3, -0.25) is 4.79 Å². The lowest BCUT2D eigenvalue weighted by Gasteiger charge is -1.88. The molecule has 0 aromatic carbocycles. The zero-order valence-electron chi connectivity index (χ0n) is 3.92. The van der Waals surface area contributed by atoms with E-state index in [0.717, 1.165) is 0 Å². The van der Waals surface area contributed by atoms with E-state index in [1.54, 1.807) is 0 Å². The van der Waals surface area contributed by atoms with E-state index in [4.69, 9.17) is 0 Å². The van der Waals surface area contributed by atoms with Crippen molar-refractivity contribution in [1.29, 1.82) is 0 Å². The Morgan fingerprint density at radius 1 is 1.86 bits per heavy atom. The lowest BCUT2D eigenvalue weighted by molar-refractivity contribution is -0.118. The van der Waals surface area contributed by atoms with Gasteiger partial charge in [0, 0.05) is 0 Å². The Labute approximate surface area is 40.7 Å². The molecule has 4 heteroatoms. The van der Waals surface area contributed by atoms with Crippen molar-refractivity contribution in [2.75, 3.05) is 0 Å². The number of hydrogen-bond acceptors (Lipinski definition) is 3. The molecule has 0 saturated heterocycles. The Bertz CT molecular complexity index is 90.9. The van der Waals surface area contributed by atoms with Gasteiger partial charge in [0.1, 0.15) is 0 Å². The molecule has 40 valence electrons. The van der Waals surface area contributed by atoms with Crippen molar-refractivity contribution in [3.8, 4) is 0 Å². The summed E-state index contributed by atoms with van der Waals surface area (Å²) in [4.78, 5) is 19.3. The fraction of sp³-hybridized carbons (Fsp3) is 0.667. The zero-order valence-corrected chi connectivity index (χ0v) is 3.92. The Balaban J connectivity index is 3.55. The van der Waals surface area contributed by atoms with Crippen molar-refractivity contribution in [2.45, 2.75) is 13.0 Å². The molecule has 0 saturated carbocycles. The van der Waals surface area contributed by atoms with Gasteiger partial charge in [0.15, 0.2) is 6.04 Å². The van der Waals surface area contributed by atoms with E-state index in [-0.39, 0.29) is 0 Å². The molecule has 0 rings (SSSR count). The van der Waals surface area contributed by atoms with Crippen LogP contribution in [-0.2, 0) is 4.79 Å². The summed E-state index contributed by atoms with van der Waals surface area (Å²) >= 11 is 0. The molecule has 1 unspecified atom stereocenters. The second-order valence-electron chi connectivity index (χ2n) is 1.18. The summed E-state index contributed by atoms with van der Waals surface area (Å²) in [5.74, 6) is -0.685. The molecule has 0 spiro atoms. The van der Waals surface area contributed by atoms with E-state index in [9.17, 15) is 9.70 Å². The summed E-state index contributed by atoms with van der Waals surface area (Å²) in [6, 6.07) is -0.889. The molecular weight excluding hydrogens is 96.0 g/mol. The van der Waals surface area contributed by atoms with Crippen LogP contribution in [-0.4, -0.2) is 11.9 Å². The van der Waals surface area contributed by atoms with Crippen LogP contribution < -0.4 is 5.73 Å². The fourth-order valence-electron chi connectivity index (χ4n) is 0.0519. The van der Waals surface area contributed by atoms with Crippen molar-refractivity contribution in [3.63, 3.8) is 0 Å². The Kier molecular flexibility index (Phi) is 1.98. The maximum absolute atomic E-state index is 9.86.